The Morgan fingerprint density at radius 3 is 2.75 bits per heavy atom. The summed E-state index contributed by atoms with van der Waals surface area (Å²) in [5.41, 5.74) is 1.66. The number of carbonyl (C=O) groups excluding carboxylic acids is 1. The first-order chi connectivity index (χ1) is 7.39. The maximum absolute atomic E-state index is 11.3. The van der Waals surface area contributed by atoms with Crippen molar-refractivity contribution >= 4 is 5.78 Å². The second kappa shape index (κ2) is 4.99. The van der Waals surface area contributed by atoms with Crippen molar-refractivity contribution < 1.29 is 4.79 Å². The summed E-state index contributed by atoms with van der Waals surface area (Å²) in [4.78, 5) is 11.3. The molecule has 90 valence electrons. The van der Waals surface area contributed by atoms with Gasteiger partial charge in [0.25, 0.3) is 0 Å². The van der Waals surface area contributed by atoms with Crippen LogP contribution in [-0.2, 0) is 4.79 Å². The zero-order valence-electron chi connectivity index (χ0n) is 11.2. The van der Waals surface area contributed by atoms with E-state index in [0.717, 1.165) is 6.42 Å². The molecule has 0 radical (unpaired) electrons. The van der Waals surface area contributed by atoms with Crippen molar-refractivity contribution in [2.75, 3.05) is 0 Å². The molecule has 0 saturated carbocycles. The van der Waals surface area contributed by atoms with E-state index in [2.05, 4.69) is 39.8 Å². The average Bonchev–Trinajstić information content (AvgIpc) is 2.23. The fraction of sp³-hybridized carbons (Fsp3) is 0.667. The Labute approximate surface area is 99.6 Å². The molecule has 0 saturated heterocycles. The van der Waals surface area contributed by atoms with E-state index in [4.69, 9.17) is 0 Å². The molecule has 0 N–H and O–H groups in total. The molecule has 16 heavy (non-hydrogen) atoms. The average molecular weight is 220 g/mol. The first kappa shape index (κ1) is 13.2. The van der Waals surface area contributed by atoms with Gasteiger partial charge in [-0.1, -0.05) is 45.4 Å². The summed E-state index contributed by atoms with van der Waals surface area (Å²) in [5.74, 6) is 1.30. The lowest BCUT2D eigenvalue weighted by molar-refractivity contribution is -0.114. The monoisotopic (exact) mass is 220 g/mol. The first-order valence-electron chi connectivity index (χ1n) is 6.27. The summed E-state index contributed by atoms with van der Waals surface area (Å²) < 4.78 is 0. The molecule has 0 unspecified atom stereocenters. The van der Waals surface area contributed by atoms with Crippen LogP contribution in [0.4, 0.5) is 0 Å². The van der Waals surface area contributed by atoms with E-state index < -0.39 is 0 Å². The van der Waals surface area contributed by atoms with Crippen molar-refractivity contribution in [1.82, 2.24) is 0 Å². The normalized spacial score (nSPS) is 29.2. The second-order valence-corrected chi connectivity index (χ2v) is 5.56. The molecule has 0 fully saturated rings. The maximum Gasteiger partial charge on any atom is 0.155 e. The summed E-state index contributed by atoms with van der Waals surface area (Å²) in [6.07, 6.45) is 7.95. The Hall–Kier alpha value is -0.850. The van der Waals surface area contributed by atoms with Gasteiger partial charge in [0.15, 0.2) is 5.78 Å². The molecule has 1 heteroatoms. The lowest BCUT2D eigenvalue weighted by atomic mass is 9.63. The van der Waals surface area contributed by atoms with E-state index in [0.29, 0.717) is 18.3 Å². The fourth-order valence-corrected chi connectivity index (χ4v) is 2.41. The fourth-order valence-electron chi connectivity index (χ4n) is 2.41. The van der Waals surface area contributed by atoms with Crippen molar-refractivity contribution in [2.45, 2.75) is 47.5 Å². The number of rotatable bonds is 3. The highest BCUT2D eigenvalue weighted by Crippen LogP contribution is 2.45. The summed E-state index contributed by atoms with van der Waals surface area (Å²) in [6.45, 7) is 11.0. The van der Waals surface area contributed by atoms with Crippen LogP contribution in [-0.4, -0.2) is 5.78 Å². The third-order valence-corrected chi connectivity index (χ3v) is 4.18. The Morgan fingerprint density at radius 1 is 1.56 bits per heavy atom. The van der Waals surface area contributed by atoms with Gasteiger partial charge in [0.1, 0.15) is 0 Å². The zero-order valence-corrected chi connectivity index (χ0v) is 11.2. The molecule has 1 aliphatic rings. The number of hydrogen-bond acceptors (Lipinski definition) is 1. The van der Waals surface area contributed by atoms with Gasteiger partial charge >= 0.3 is 0 Å². The molecular weight excluding hydrogens is 196 g/mol. The minimum atomic E-state index is 0.224. The Balaban J connectivity index is 2.91. The summed E-state index contributed by atoms with van der Waals surface area (Å²) in [6, 6.07) is 0. The predicted molar refractivity (Wildman–Crippen MR) is 69.2 cm³/mol. The number of hydrogen-bond donors (Lipinski definition) is 0. The smallest absolute Gasteiger partial charge is 0.155 e. The van der Waals surface area contributed by atoms with Crippen LogP contribution >= 0.6 is 0 Å². The van der Waals surface area contributed by atoms with Gasteiger partial charge in [-0.3, -0.25) is 4.79 Å². The molecule has 0 amide bonds. The van der Waals surface area contributed by atoms with Gasteiger partial charge < -0.3 is 0 Å². The van der Waals surface area contributed by atoms with Gasteiger partial charge in [0, 0.05) is 12.3 Å². The van der Waals surface area contributed by atoms with E-state index in [1.165, 1.54) is 5.57 Å². The van der Waals surface area contributed by atoms with Crippen molar-refractivity contribution in [3.8, 4) is 0 Å². The molecule has 0 bridgehead atoms. The molecule has 0 spiro atoms. The van der Waals surface area contributed by atoms with E-state index in [-0.39, 0.29) is 11.2 Å². The SMILES string of the molecule is CCC(=O)/C=C/[C@H]1C(C)=CC[C@@H](C)C1(C)C. The second-order valence-electron chi connectivity index (χ2n) is 5.56. The quantitative estimate of drug-likeness (QED) is 0.516. The molecule has 2 atom stereocenters. The molecule has 1 aliphatic carbocycles. The maximum atomic E-state index is 11.3. The zero-order chi connectivity index (χ0) is 12.3. The number of ketones is 1. The van der Waals surface area contributed by atoms with Gasteiger partial charge in [-0.2, -0.15) is 0 Å². The molecule has 1 nitrogen and oxygen atoms in total. The highest BCUT2D eigenvalue weighted by molar-refractivity contribution is 5.89. The standard InChI is InChI=1S/C15H24O/c1-6-13(16)9-10-14-11(2)7-8-12(3)15(14,4)5/h7,9-10,12,14H,6,8H2,1-5H3/b10-9+/t12-,14+/m1/s1. The Bertz CT molecular complexity index is 320. The molecule has 0 aromatic rings. The Morgan fingerprint density at radius 2 is 2.19 bits per heavy atom. The van der Waals surface area contributed by atoms with Gasteiger partial charge in [-0.05, 0) is 30.8 Å². The molecular formula is C15H24O. The Kier molecular flexibility index (Phi) is 4.12. The summed E-state index contributed by atoms with van der Waals surface area (Å²) >= 11 is 0. The topological polar surface area (TPSA) is 17.1 Å². The van der Waals surface area contributed by atoms with Gasteiger partial charge in [0.05, 0.1) is 0 Å². The summed E-state index contributed by atoms with van der Waals surface area (Å²) in [7, 11) is 0. The number of allylic oxidation sites excluding steroid dienone is 4. The first-order valence-corrected chi connectivity index (χ1v) is 6.27. The minimum absolute atomic E-state index is 0.224. The highest BCUT2D eigenvalue weighted by atomic mass is 16.1. The van der Waals surface area contributed by atoms with E-state index in [1.54, 1.807) is 6.08 Å². The van der Waals surface area contributed by atoms with Gasteiger partial charge in [-0.15, -0.1) is 0 Å². The van der Waals surface area contributed by atoms with Gasteiger partial charge in [0.2, 0.25) is 0 Å². The highest BCUT2D eigenvalue weighted by Gasteiger charge is 2.36. The van der Waals surface area contributed by atoms with Crippen molar-refractivity contribution in [2.24, 2.45) is 17.3 Å². The minimum Gasteiger partial charge on any atom is -0.295 e. The molecule has 0 heterocycles. The van der Waals surface area contributed by atoms with Crippen molar-refractivity contribution in [1.29, 1.82) is 0 Å². The van der Waals surface area contributed by atoms with Crippen LogP contribution in [0.15, 0.2) is 23.8 Å². The van der Waals surface area contributed by atoms with E-state index in [9.17, 15) is 4.79 Å². The van der Waals surface area contributed by atoms with E-state index in [1.807, 2.05) is 6.92 Å². The van der Waals surface area contributed by atoms with Crippen LogP contribution in [0.3, 0.4) is 0 Å². The van der Waals surface area contributed by atoms with Crippen LogP contribution in [0, 0.1) is 17.3 Å². The third-order valence-electron chi connectivity index (χ3n) is 4.18. The van der Waals surface area contributed by atoms with E-state index >= 15 is 0 Å². The van der Waals surface area contributed by atoms with Crippen LogP contribution in [0.1, 0.15) is 47.5 Å². The third kappa shape index (κ3) is 2.63. The number of carbonyl (C=O) groups is 1. The van der Waals surface area contributed by atoms with Crippen LogP contribution < -0.4 is 0 Å². The van der Waals surface area contributed by atoms with Crippen LogP contribution in [0.2, 0.25) is 0 Å². The molecule has 1 rings (SSSR count). The van der Waals surface area contributed by atoms with Crippen LogP contribution in [0.5, 0.6) is 0 Å². The predicted octanol–water partition coefficient (Wildman–Crippen LogP) is 4.15. The van der Waals surface area contributed by atoms with Crippen molar-refractivity contribution in [3.63, 3.8) is 0 Å². The van der Waals surface area contributed by atoms with Crippen LogP contribution in [0.25, 0.3) is 0 Å². The van der Waals surface area contributed by atoms with Crippen molar-refractivity contribution in [3.05, 3.63) is 23.8 Å². The lowest BCUT2D eigenvalue weighted by Gasteiger charge is -2.42. The largest absolute Gasteiger partial charge is 0.295 e. The summed E-state index contributed by atoms with van der Waals surface area (Å²) in [5, 5.41) is 0. The van der Waals surface area contributed by atoms with Gasteiger partial charge in [-0.25, -0.2) is 0 Å². The molecule has 0 aliphatic heterocycles. The lowest BCUT2D eigenvalue weighted by Crippen LogP contribution is -2.33. The molecule has 0 aromatic carbocycles. The molecule has 0 aromatic heterocycles.